The molecule has 0 saturated carbocycles. The molecule has 1 atom stereocenters. The van der Waals surface area contributed by atoms with Gasteiger partial charge < -0.3 is 9.11 Å². The van der Waals surface area contributed by atoms with Crippen molar-refractivity contribution in [1.82, 2.24) is 0 Å². The molecule has 10 heteroatoms. The zero-order chi connectivity index (χ0) is 25.0. The summed E-state index contributed by atoms with van der Waals surface area (Å²) in [6, 6.07) is 24.7. The molecule has 0 saturated heterocycles. The molecule has 36 heavy (non-hydrogen) atoms. The van der Waals surface area contributed by atoms with Crippen LogP contribution in [0.4, 0.5) is 0 Å². The summed E-state index contributed by atoms with van der Waals surface area (Å²) in [5.41, 5.74) is 2.81. The van der Waals surface area contributed by atoms with Crippen molar-refractivity contribution in [2.75, 3.05) is 6.26 Å². The van der Waals surface area contributed by atoms with Gasteiger partial charge in [-0.05, 0) is 64.4 Å². The average molecular weight is 659 g/mol. The molecule has 0 spiro atoms. The zero-order valence-corrected chi connectivity index (χ0v) is 29.4. The summed E-state index contributed by atoms with van der Waals surface area (Å²) in [4.78, 5) is -0.184. The topological polar surface area (TPSA) is 97.3 Å². The van der Waals surface area contributed by atoms with E-state index in [9.17, 15) is 13.0 Å². The van der Waals surface area contributed by atoms with E-state index in [1.807, 2.05) is 12.1 Å². The Morgan fingerprint density at radius 2 is 1.31 bits per heavy atom. The molecule has 0 N–H and O–H groups in total. The van der Waals surface area contributed by atoms with Crippen LogP contribution in [0.5, 0.6) is 0 Å². The molecule has 4 aromatic rings. The van der Waals surface area contributed by atoms with Crippen molar-refractivity contribution in [2.24, 2.45) is 0 Å². The van der Waals surface area contributed by atoms with Gasteiger partial charge in [-0.2, -0.15) is 0 Å². The maximum atomic E-state index is 10.7. The predicted molar refractivity (Wildman–Crippen MR) is 151 cm³/mol. The molecule has 184 valence electrons. The molecule has 0 aliphatic heterocycles. The maximum absolute atomic E-state index is 10.7. The molecule has 4 aromatic carbocycles. The van der Waals surface area contributed by atoms with Crippen LogP contribution in [0.25, 0.3) is 21.5 Å². The Labute approximate surface area is 278 Å². The number of aryl methyl sites for hydroxylation is 2. The van der Waals surface area contributed by atoms with Crippen molar-refractivity contribution in [1.29, 1.82) is 0 Å². The minimum Gasteiger partial charge on any atom is -0.773 e. The van der Waals surface area contributed by atoms with Crippen LogP contribution >= 0.6 is 24.0 Å². The second-order valence-electron chi connectivity index (χ2n) is 6.81. The van der Waals surface area contributed by atoms with Crippen molar-refractivity contribution in [2.45, 2.75) is 25.2 Å². The summed E-state index contributed by atoms with van der Waals surface area (Å²) in [5.74, 6) is 0. The molecule has 0 bridgehead atoms. The molecule has 0 heterocycles. The molecule has 0 aliphatic carbocycles. The maximum Gasteiger partial charge on any atom is 1.00 e. The summed E-state index contributed by atoms with van der Waals surface area (Å²) in [6.07, 6.45) is 2.20. The molecule has 0 aromatic heterocycles. The van der Waals surface area contributed by atoms with E-state index in [1.54, 1.807) is 18.2 Å². The SMILES string of the molecule is C=C.CCc1ccc(C)c2ccccc12.CS(=O)[O-].I.O=S(=O)([O-])c1ccc2ccccc2c1.[Na+].[Na+]. The first-order valence-corrected chi connectivity index (χ1v) is 13.0. The van der Waals surface area contributed by atoms with Crippen LogP contribution in [0.3, 0.4) is 0 Å². The summed E-state index contributed by atoms with van der Waals surface area (Å²) in [5, 5.41) is 4.47. The molecular formula is C26H29INa2O5S2. The van der Waals surface area contributed by atoms with Gasteiger partial charge in [-0.3, -0.25) is 4.21 Å². The van der Waals surface area contributed by atoms with E-state index in [0.717, 1.165) is 23.4 Å². The summed E-state index contributed by atoms with van der Waals surface area (Å²) >= 11 is -1.86. The predicted octanol–water partition coefficient (Wildman–Crippen LogP) is 0.378. The van der Waals surface area contributed by atoms with Gasteiger partial charge in [0.25, 0.3) is 0 Å². The third-order valence-electron chi connectivity index (χ3n) is 4.62. The molecule has 0 aliphatic rings. The number of halogens is 1. The van der Waals surface area contributed by atoms with Crippen LogP contribution in [-0.2, 0) is 27.6 Å². The van der Waals surface area contributed by atoms with E-state index < -0.39 is 21.2 Å². The van der Waals surface area contributed by atoms with E-state index in [2.05, 4.69) is 63.4 Å². The Hall–Kier alpha value is -0.110. The van der Waals surface area contributed by atoms with Gasteiger partial charge in [-0.15, -0.1) is 37.1 Å². The fourth-order valence-electron chi connectivity index (χ4n) is 3.14. The number of benzene rings is 4. The molecule has 5 nitrogen and oxygen atoms in total. The second kappa shape index (κ2) is 20.8. The van der Waals surface area contributed by atoms with Gasteiger partial charge in [0.15, 0.2) is 0 Å². The summed E-state index contributed by atoms with van der Waals surface area (Å²) in [6.45, 7) is 10.4. The van der Waals surface area contributed by atoms with Gasteiger partial charge in [-0.25, -0.2) is 8.42 Å². The van der Waals surface area contributed by atoms with Gasteiger partial charge in [0.05, 0.1) is 4.90 Å². The number of fused-ring (bicyclic) bond motifs is 2. The van der Waals surface area contributed by atoms with Gasteiger partial charge in [-0.1, -0.05) is 84.7 Å². The Balaban J connectivity index is -0.000000467. The Morgan fingerprint density at radius 3 is 1.81 bits per heavy atom. The monoisotopic (exact) mass is 658 g/mol. The normalized spacial score (nSPS) is 10.2. The van der Waals surface area contributed by atoms with Crippen LogP contribution < -0.4 is 59.1 Å². The first kappa shape index (κ1) is 40.4. The van der Waals surface area contributed by atoms with Gasteiger partial charge in [0.2, 0.25) is 0 Å². The van der Waals surface area contributed by atoms with E-state index in [1.165, 1.54) is 34.0 Å². The fourth-order valence-corrected chi connectivity index (χ4v) is 3.65. The Morgan fingerprint density at radius 1 is 0.833 bits per heavy atom. The first-order chi connectivity index (χ1) is 15.6. The quantitative estimate of drug-likeness (QED) is 0.102. The van der Waals surface area contributed by atoms with Crippen LogP contribution in [0.2, 0.25) is 0 Å². The average Bonchev–Trinajstić information content (AvgIpc) is 2.80. The molecule has 1 unspecified atom stereocenters. The number of hydrogen-bond acceptors (Lipinski definition) is 5. The van der Waals surface area contributed by atoms with Gasteiger partial charge >= 0.3 is 59.1 Å². The van der Waals surface area contributed by atoms with E-state index in [4.69, 9.17) is 8.76 Å². The van der Waals surface area contributed by atoms with Crippen LogP contribution in [0, 0.1) is 6.92 Å². The number of rotatable bonds is 2. The third-order valence-corrected chi connectivity index (χ3v) is 5.45. The molecule has 4 rings (SSSR count). The van der Waals surface area contributed by atoms with Crippen molar-refractivity contribution >= 4 is 66.7 Å². The minimum atomic E-state index is -4.34. The summed E-state index contributed by atoms with van der Waals surface area (Å²) in [7, 11) is -4.34. The molecule has 0 radical (unpaired) electrons. The largest absolute Gasteiger partial charge is 1.00 e. The van der Waals surface area contributed by atoms with E-state index in [0.29, 0.717) is 0 Å². The first-order valence-electron chi connectivity index (χ1n) is 10.1. The standard InChI is InChI=1S/C13H14.C10H8O3S.C2H4.CH4O2S.HI.2Na/c1-3-11-9-8-10(2)12-6-4-5-7-13(11)12;11-14(12,13)10-6-5-8-3-1-2-4-9(8)7-10;1-2;1-4(2)3;;;/h4-9H,3H2,1-2H3;1-7H,(H,11,12,13);1-2H2;1H3,(H,2,3);1H;;/q;;;;;2*+1/p-2. The third kappa shape index (κ3) is 13.6. The van der Waals surface area contributed by atoms with Crippen molar-refractivity contribution in [3.05, 3.63) is 103 Å². The van der Waals surface area contributed by atoms with Gasteiger partial charge in [0, 0.05) is 0 Å². The van der Waals surface area contributed by atoms with Crippen LogP contribution in [-0.4, -0.2) is 28.0 Å². The van der Waals surface area contributed by atoms with Crippen molar-refractivity contribution < 1.29 is 80.8 Å². The Bertz CT molecular complexity index is 1330. The number of hydrogen-bond donors (Lipinski definition) is 0. The van der Waals surface area contributed by atoms with E-state index >= 15 is 0 Å². The smallest absolute Gasteiger partial charge is 0.773 e. The zero-order valence-electron chi connectivity index (χ0n) is 21.4. The molecule has 0 fully saturated rings. The molecule has 0 amide bonds. The van der Waals surface area contributed by atoms with Gasteiger partial charge in [0.1, 0.15) is 10.1 Å². The van der Waals surface area contributed by atoms with Crippen molar-refractivity contribution in [3.63, 3.8) is 0 Å². The minimum absolute atomic E-state index is 0. The van der Waals surface area contributed by atoms with Crippen molar-refractivity contribution in [3.8, 4) is 0 Å². The fraction of sp³-hybridized carbons (Fsp3) is 0.154. The Kier molecular flexibility index (Phi) is 23.3. The van der Waals surface area contributed by atoms with Crippen LogP contribution in [0.15, 0.2) is 96.9 Å². The van der Waals surface area contributed by atoms with Crippen LogP contribution in [0.1, 0.15) is 18.1 Å². The van der Waals surface area contributed by atoms with E-state index in [-0.39, 0.29) is 88.0 Å². The second-order valence-corrected chi connectivity index (χ2v) is 8.99. The molecular weight excluding hydrogens is 629 g/mol. The summed E-state index contributed by atoms with van der Waals surface area (Å²) < 4.78 is 50.2.